The lowest BCUT2D eigenvalue weighted by atomic mass is 9.79. The minimum absolute atomic E-state index is 0.0110. The topological polar surface area (TPSA) is 84.2 Å². The average Bonchev–Trinajstić information content (AvgIpc) is 3.26. The number of carboxylic acid groups (broad SMARTS) is 1. The Labute approximate surface area is 198 Å². The Hall–Kier alpha value is -3.67. The molecule has 0 spiro atoms. The zero-order valence-electron chi connectivity index (χ0n) is 19.3. The van der Waals surface area contributed by atoms with Crippen molar-refractivity contribution in [2.45, 2.75) is 45.2 Å². The highest BCUT2D eigenvalue weighted by Gasteiger charge is 2.29. The van der Waals surface area contributed by atoms with Crippen LogP contribution in [0.2, 0.25) is 0 Å². The van der Waals surface area contributed by atoms with Gasteiger partial charge in [-0.2, -0.15) is 0 Å². The molecule has 6 heteroatoms. The van der Waals surface area contributed by atoms with Crippen LogP contribution in [0.3, 0.4) is 0 Å². The molecule has 4 aromatic rings. The number of nitrogens with zero attached hydrogens (tertiary/aromatic N) is 2. The molecule has 0 saturated heterocycles. The van der Waals surface area contributed by atoms with Gasteiger partial charge in [-0.05, 0) is 62.8 Å². The van der Waals surface area contributed by atoms with Gasteiger partial charge in [0.2, 0.25) is 0 Å². The zero-order chi connectivity index (χ0) is 23.7. The highest BCUT2D eigenvalue weighted by atomic mass is 16.4. The number of hydrogen-bond acceptors (Lipinski definition) is 3. The van der Waals surface area contributed by atoms with Gasteiger partial charge in [-0.1, -0.05) is 36.4 Å². The fourth-order valence-electron chi connectivity index (χ4n) is 5.22. The molecule has 0 aliphatic heterocycles. The minimum atomic E-state index is -0.705. The maximum absolute atomic E-state index is 13.3. The summed E-state index contributed by atoms with van der Waals surface area (Å²) >= 11 is 0. The van der Waals surface area contributed by atoms with Crippen LogP contribution in [0.5, 0.6) is 0 Å². The van der Waals surface area contributed by atoms with Crippen LogP contribution in [-0.4, -0.2) is 32.6 Å². The second-order valence-corrected chi connectivity index (χ2v) is 9.39. The summed E-state index contributed by atoms with van der Waals surface area (Å²) in [5.41, 5.74) is 3.45. The van der Waals surface area contributed by atoms with Gasteiger partial charge in [-0.25, -0.2) is 0 Å². The number of carbonyl (C=O) groups is 2. The molecule has 2 aromatic heterocycles. The Morgan fingerprint density at radius 1 is 1.00 bits per heavy atom. The van der Waals surface area contributed by atoms with Gasteiger partial charge in [-0.15, -0.1) is 0 Å². The number of amides is 1. The number of pyridine rings is 1. The molecule has 1 atom stereocenters. The molecular weight excluding hydrogens is 426 g/mol. The third kappa shape index (κ3) is 4.40. The predicted octanol–water partition coefficient (Wildman–Crippen LogP) is 5.25. The monoisotopic (exact) mass is 455 g/mol. The van der Waals surface area contributed by atoms with E-state index in [-0.39, 0.29) is 17.9 Å². The molecule has 1 amide bonds. The van der Waals surface area contributed by atoms with Gasteiger partial charge >= 0.3 is 5.97 Å². The van der Waals surface area contributed by atoms with Crippen molar-refractivity contribution in [3.63, 3.8) is 0 Å². The Bertz CT molecular complexity index is 1350. The van der Waals surface area contributed by atoms with E-state index in [0.29, 0.717) is 30.9 Å². The molecule has 174 valence electrons. The molecule has 2 heterocycles. The summed E-state index contributed by atoms with van der Waals surface area (Å²) < 4.78 is 2.09. The van der Waals surface area contributed by atoms with Crippen molar-refractivity contribution in [3.05, 3.63) is 78.1 Å². The van der Waals surface area contributed by atoms with Gasteiger partial charge in [0.25, 0.3) is 5.91 Å². The molecule has 1 saturated carbocycles. The highest BCUT2D eigenvalue weighted by Crippen LogP contribution is 2.31. The lowest BCUT2D eigenvalue weighted by molar-refractivity contribution is -0.143. The number of hydrogen-bond donors (Lipinski definition) is 2. The SMILES string of the molecule is CC(NC(=O)c1cccc2ccn(Cc3ccc4ccccc4n3)c12)C1CCC(C(=O)O)CC1. The summed E-state index contributed by atoms with van der Waals surface area (Å²) in [6.07, 6.45) is 5.02. The van der Waals surface area contributed by atoms with Gasteiger partial charge in [0.1, 0.15) is 0 Å². The predicted molar refractivity (Wildman–Crippen MR) is 133 cm³/mol. The summed E-state index contributed by atoms with van der Waals surface area (Å²) in [6, 6.07) is 20.0. The zero-order valence-corrected chi connectivity index (χ0v) is 19.3. The molecule has 1 unspecified atom stereocenters. The molecule has 1 aliphatic rings. The van der Waals surface area contributed by atoms with Crippen molar-refractivity contribution in [1.82, 2.24) is 14.9 Å². The Morgan fingerprint density at radius 2 is 1.76 bits per heavy atom. The van der Waals surface area contributed by atoms with Gasteiger partial charge in [-0.3, -0.25) is 14.6 Å². The van der Waals surface area contributed by atoms with Gasteiger partial charge < -0.3 is 15.0 Å². The molecule has 2 aromatic carbocycles. The number of carboxylic acids is 1. The summed E-state index contributed by atoms with van der Waals surface area (Å²) in [5.74, 6) is -0.749. The molecule has 0 bridgehead atoms. The lowest BCUT2D eigenvalue weighted by Gasteiger charge is -2.31. The Kier molecular flexibility index (Phi) is 6.05. The number of para-hydroxylation sites is 2. The van der Waals surface area contributed by atoms with Gasteiger partial charge in [0.05, 0.1) is 34.8 Å². The van der Waals surface area contributed by atoms with E-state index in [1.165, 1.54) is 0 Å². The van der Waals surface area contributed by atoms with Crippen LogP contribution < -0.4 is 5.32 Å². The number of fused-ring (bicyclic) bond motifs is 2. The van der Waals surface area contributed by atoms with E-state index in [2.05, 4.69) is 22.0 Å². The van der Waals surface area contributed by atoms with Crippen LogP contribution in [0.4, 0.5) is 0 Å². The van der Waals surface area contributed by atoms with E-state index >= 15 is 0 Å². The van der Waals surface area contributed by atoms with E-state index in [9.17, 15) is 14.7 Å². The maximum atomic E-state index is 13.3. The maximum Gasteiger partial charge on any atom is 0.306 e. The van der Waals surface area contributed by atoms with E-state index in [0.717, 1.165) is 40.3 Å². The summed E-state index contributed by atoms with van der Waals surface area (Å²) in [4.78, 5) is 29.4. The number of aromatic nitrogens is 2. The van der Waals surface area contributed by atoms with Crippen molar-refractivity contribution in [2.75, 3.05) is 0 Å². The first-order valence-electron chi connectivity index (χ1n) is 12.0. The number of aliphatic carboxylic acids is 1. The number of carbonyl (C=O) groups excluding carboxylic acids is 1. The van der Waals surface area contributed by atoms with Crippen molar-refractivity contribution in [1.29, 1.82) is 0 Å². The standard InChI is InChI=1S/C28H29N3O3/c1-18(19-9-11-22(12-10-19)28(33)34)29-27(32)24-7-4-6-21-15-16-31(26(21)24)17-23-14-13-20-5-2-3-8-25(20)30-23/h2-8,13-16,18-19,22H,9-12,17H2,1H3,(H,29,32)(H,33,34). The van der Waals surface area contributed by atoms with Crippen molar-refractivity contribution < 1.29 is 14.7 Å². The third-order valence-corrected chi connectivity index (χ3v) is 7.21. The molecule has 6 nitrogen and oxygen atoms in total. The van der Waals surface area contributed by atoms with Crippen molar-refractivity contribution >= 4 is 33.7 Å². The summed E-state index contributed by atoms with van der Waals surface area (Å²) in [6.45, 7) is 2.61. The normalized spacial score (nSPS) is 19.2. The first-order chi connectivity index (χ1) is 16.5. The lowest BCUT2D eigenvalue weighted by Crippen LogP contribution is -2.40. The minimum Gasteiger partial charge on any atom is -0.481 e. The quantitative estimate of drug-likeness (QED) is 0.416. The van der Waals surface area contributed by atoms with E-state index < -0.39 is 5.97 Å². The summed E-state index contributed by atoms with van der Waals surface area (Å²) in [7, 11) is 0. The smallest absolute Gasteiger partial charge is 0.306 e. The molecule has 5 rings (SSSR count). The van der Waals surface area contributed by atoms with E-state index in [1.807, 2.05) is 61.7 Å². The highest BCUT2D eigenvalue weighted by molar-refractivity contribution is 6.06. The van der Waals surface area contributed by atoms with Crippen LogP contribution in [0.15, 0.2) is 66.9 Å². The summed E-state index contributed by atoms with van der Waals surface area (Å²) in [5, 5.41) is 14.6. The van der Waals surface area contributed by atoms with Crippen LogP contribution >= 0.6 is 0 Å². The molecule has 2 N–H and O–H groups in total. The largest absolute Gasteiger partial charge is 0.481 e. The van der Waals surface area contributed by atoms with Crippen molar-refractivity contribution in [3.8, 4) is 0 Å². The molecular formula is C28H29N3O3. The number of rotatable bonds is 6. The second-order valence-electron chi connectivity index (χ2n) is 9.39. The third-order valence-electron chi connectivity index (χ3n) is 7.21. The number of benzene rings is 2. The second kappa shape index (κ2) is 9.29. The first-order valence-corrected chi connectivity index (χ1v) is 12.0. The van der Waals surface area contributed by atoms with E-state index in [4.69, 9.17) is 4.98 Å². The van der Waals surface area contributed by atoms with Crippen LogP contribution in [0.25, 0.3) is 21.8 Å². The first kappa shape index (κ1) is 22.1. The Morgan fingerprint density at radius 3 is 2.56 bits per heavy atom. The van der Waals surface area contributed by atoms with E-state index in [1.54, 1.807) is 0 Å². The Balaban J connectivity index is 1.35. The van der Waals surface area contributed by atoms with Crippen LogP contribution in [0.1, 0.15) is 48.7 Å². The molecule has 1 fully saturated rings. The molecule has 1 aliphatic carbocycles. The fraction of sp³-hybridized carbons (Fsp3) is 0.321. The fourth-order valence-corrected chi connectivity index (χ4v) is 5.22. The average molecular weight is 456 g/mol. The molecule has 0 radical (unpaired) electrons. The van der Waals surface area contributed by atoms with Gasteiger partial charge in [0.15, 0.2) is 0 Å². The van der Waals surface area contributed by atoms with Gasteiger partial charge in [0, 0.05) is 23.0 Å². The van der Waals surface area contributed by atoms with Crippen LogP contribution in [0, 0.1) is 11.8 Å². The van der Waals surface area contributed by atoms with Crippen molar-refractivity contribution in [2.24, 2.45) is 11.8 Å². The van der Waals surface area contributed by atoms with Crippen LogP contribution in [-0.2, 0) is 11.3 Å². The molecule has 34 heavy (non-hydrogen) atoms. The number of nitrogens with one attached hydrogen (secondary N) is 1.